The third kappa shape index (κ3) is 4.55. The summed E-state index contributed by atoms with van der Waals surface area (Å²) < 4.78 is 0. The van der Waals surface area contributed by atoms with E-state index >= 15 is 0 Å². The second kappa shape index (κ2) is 7.56. The molecular formula is C15H23NO2S. The molecule has 0 aliphatic carbocycles. The average molecular weight is 281 g/mol. The summed E-state index contributed by atoms with van der Waals surface area (Å²) in [6, 6.07) is 5.92. The summed E-state index contributed by atoms with van der Waals surface area (Å²) in [5.41, 5.74) is 1.69. The van der Waals surface area contributed by atoms with Gasteiger partial charge in [0.1, 0.15) is 0 Å². The zero-order chi connectivity index (χ0) is 14.4. The second-order valence-electron chi connectivity index (χ2n) is 5.02. The number of aliphatic hydroxyl groups is 1. The monoisotopic (exact) mass is 281 g/mol. The molecule has 19 heavy (non-hydrogen) atoms. The highest BCUT2D eigenvalue weighted by atomic mass is 32.2. The maximum absolute atomic E-state index is 12.3. The lowest BCUT2D eigenvalue weighted by molar-refractivity contribution is 0.0916. The number of hydrogen-bond acceptors (Lipinski definition) is 3. The van der Waals surface area contributed by atoms with Crippen molar-refractivity contribution in [3.05, 3.63) is 29.3 Å². The number of aryl methyl sites for hydroxylation is 1. The molecule has 0 aliphatic heterocycles. The van der Waals surface area contributed by atoms with E-state index in [2.05, 4.69) is 5.32 Å². The van der Waals surface area contributed by atoms with Crippen molar-refractivity contribution < 1.29 is 9.90 Å². The van der Waals surface area contributed by atoms with Gasteiger partial charge in [0, 0.05) is 23.1 Å². The average Bonchev–Trinajstić information content (AvgIpc) is 2.38. The van der Waals surface area contributed by atoms with Gasteiger partial charge in [-0.25, -0.2) is 0 Å². The van der Waals surface area contributed by atoms with Crippen LogP contribution in [-0.2, 0) is 0 Å². The highest BCUT2D eigenvalue weighted by Gasteiger charge is 2.18. The van der Waals surface area contributed by atoms with E-state index in [0.717, 1.165) is 16.0 Å². The van der Waals surface area contributed by atoms with E-state index in [-0.39, 0.29) is 18.6 Å². The van der Waals surface area contributed by atoms with Crippen molar-refractivity contribution in [2.45, 2.75) is 38.1 Å². The van der Waals surface area contributed by atoms with Gasteiger partial charge in [0.25, 0.3) is 5.91 Å². The van der Waals surface area contributed by atoms with Crippen LogP contribution in [0.5, 0.6) is 0 Å². The standard InChI is InChI=1S/C15H23NO2S/c1-10(2)14(7-8-17)16-15(18)13-9-12(19-4)6-5-11(13)3/h5-6,9-10,14,17H,7-8H2,1-4H3,(H,16,18). The Kier molecular flexibility index (Phi) is 6.38. The van der Waals surface area contributed by atoms with Gasteiger partial charge in [-0.05, 0) is 43.2 Å². The zero-order valence-electron chi connectivity index (χ0n) is 12.1. The molecule has 1 aromatic rings. The van der Waals surface area contributed by atoms with Crippen molar-refractivity contribution in [1.82, 2.24) is 5.32 Å². The smallest absolute Gasteiger partial charge is 0.251 e. The van der Waals surface area contributed by atoms with E-state index < -0.39 is 0 Å². The molecule has 0 heterocycles. The first kappa shape index (κ1) is 16.1. The van der Waals surface area contributed by atoms with E-state index in [1.165, 1.54) is 0 Å². The summed E-state index contributed by atoms with van der Waals surface area (Å²) >= 11 is 1.62. The van der Waals surface area contributed by atoms with Crippen molar-refractivity contribution in [2.24, 2.45) is 5.92 Å². The molecule has 1 amide bonds. The van der Waals surface area contributed by atoms with Crippen LogP contribution in [0, 0.1) is 12.8 Å². The van der Waals surface area contributed by atoms with Crippen molar-refractivity contribution in [1.29, 1.82) is 0 Å². The van der Waals surface area contributed by atoms with Crippen LogP contribution in [0.3, 0.4) is 0 Å². The van der Waals surface area contributed by atoms with E-state index in [9.17, 15) is 4.79 Å². The predicted octanol–water partition coefficient (Wildman–Crippen LogP) is 2.85. The van der Waals surface area contributed by atoms with Crippen molar-refractivity contribution in [3.63, 3.8) is 0 Å². The molecule has 0 spiro atoms. The summed E-state index contributed by atoms with van der Waals surface area (Å²) in [5.74, 6) is 0.251. The minimum atomic E-state index is -0.0550. The van der Waals surface area contributed by atoms with E-state index in [1.807, 2.05) is 45.2 Å². The van der Waals surface area contributed by atoms with Gasteiger partial charge in [0.05, 0.1) is 0 Å². The van der Waals surface area contributed by atoms with Crippen LogP contribution in [0.15, 0.2) is 23.1 Å². The van der Waals surface area contributed by atoms with Crippen LogP contribution in [0.4, 0.5) is 0 Å². The van der Waals surface area contributed by atoms with E-state index in [0.29, 0.717) is 12.3 Å². The fourth-order valence-corrected chi connectivity index (χ4v) is 2.37. The molecule has 0 aromatic heterocycles. The van der Waals surface area contributed by atoms with Crippen LogP contribution in [0.1, 0.15) is 36.2 Å². The lowest BCUT2D eigenvalue weighted by Gasteiger charge is -2.22. The minimum Gasteiger partial charge on any atom is -0.396 e. The number of aliphatic hydroxyl groups excluding tert-OH is 1. The van der Waals surface area contributed by atoms with Crippen molar-refractivity contribution >= 4 is 17.7 Å². The number of hydrogen-bond donors (Lipinski definition) is 2. The van der Waals surface area contributed by atoms with Crippen LogP contribution in [0.25, 0.3) is 0 Å². The number of benzene rings is 1. The quantitative estimate of drug-likeness (QED) is 0.788. The number of nitrogens with one attached hydrogen (secondary N) is 1. The fraction of sp³-hybridized carbons (Fsp3) is 0.533. The molecule has 0 saturated heterocycles. The summed E-state index contributed by atoms with van der Waals surface area (Å²) in [6.07, 6.45) is 2.58. The molecule has 0 bridgehead atoms. The number of rotatable bonds is 6. The highest BCUT2D eigenvalue weighted by molar-refractivity contribution is 7.98. The van der Waals surface area contributed by atoms with Gasteiger partial charge >= 0.3 is 0 Å². The lowest BCUT2D eigenvalue weighted by atomic mass is 10.00. The molecule has 3 nitrogen and oxygen atoms in total. The van der Waals surface area contributed by atoms with Crippen LogP contribution < -0.4 is 5.32 Å². The fourth-order valence-electron chi connectivity index (χ4n) is 1.93. The summed E-state index contributed by atoms with van der Waals surface area (Å²) in [7, 11) is 0. The Bertz CT molecular complexity index is 432. The van der Waals surface area contributed by atoms with Gasteiger partial charge in [-0.15, -0.1) is 11.8 Å². The molecule has 1 atom stereocenters. The van der Waals surface area contributed by atoms with E-state index in [1.54, 1.807) is 11.8 Å². The molecule has 1 aromatic carbocycles. The number of amides is 1. The molecule has 0 aliphatic rings. The van der Waals surface area contributed by atoms with Crippen LogP contribution in [0.2, 0.25) is 0 Å². The second-order valence-corrected chi connectivity index (χ2v) is 5.90. The Morgan fingerprint density at radius 2 is 2.11 bits per heavy atom. The van der Waals surface area contributed by atoms with Crippen molar-refractivity contribution in [3.8, 4) is 0 Å². The van der Waals surface area contributed by atoms with Gasteiger partial charge in [0.15, 0.2) is 0 Å². The molecule has 0 radical (unpaired) electrons. The highest BCUT2D eigenvalue weighted by Crippen LogP contribution is 2.19. The van der Waals surface area contributed by atoms with Crippen LogP contribution >= 0.6 is 11.8 Å². The van der Waals surface area contributed by atoms with Gasteiger partial charge in [-0.2, -0.15) is 0 Å². The van der Waals surface area contributed by atoms with Gasteiger partial charge in [-0.3, -0.25) is 4.79 Å². The Hall–Kier alpha value is -1.00. The van der Waals surface area contributed by atoms with Gasteiger partial charge < -0.3 is 10.4 Å². The topological polar surface area (TPSA) is 49.3 Å². The maximum Gasteiger partial charge on any atom is 0.251 e. The Morgan fingerprint density at radius 3 is 2.63 bits per heavy atom. The molecular weight excluding hydrogens is 258 g/mol. The van der Waals surface area contributed by atoms with Crippen LogP contribution in [-0.4, -0.2) is 29.9 Å². The summed E-state index contributed by atoms with van der Waals surface area (Å²) in [6.45, 7) is 6.12. The third-order valence-electron chi connectivity index (χ3n) is 3.25. The molecule has 1 unspecified atom stereocenters. The molecule has 0 saturated carbocycles. The van der Waals surface area contributed by atoms with Crippen molar-refractivity contribution in [2.75, 3.05) is 12.9 Å². The normalized spacial score (nSPS) is 12.5. The SMILES string of the molecule is CSc1ccc(C)c(C(=O)NC(CCO)C(C)C)c1. The Labute approximate surface area is 119 Å². The first-order chi connectivity index (χ1) is 8.99. The number of thioether (sulfide) groups is 1. The molecule has 2 N–H and O–H groups in total. The lowest BCUT2D eigenvalue weighted by Crippen LogP contribution is -2.39. The molecule has 1 rings (SSSR count). The van der Waals surface area contributed by atoms with E-state index in [4.69, 9.17) is 5.11 Å². The Balaban J connectivity index is 2.87. The first-order valence-electron chi connectivity index (χ1n) is 6.56. The minimum absolute atomic E-state index is 0.00911. The summed E-state index contributed by atoms with van der Waals surface area (Å²) in [5, 5.41) is 12.1. The van der Waals surface area contributed by atoms with Gasteiger partial charge in [0.2, 0.25) is 0 Å². The number of carbonyl (C=O) groups excluding carboxylic acids is 1. The third-order valence-corrected chi connectivity index (χ3v) is 3.98. The zero-order valence-corrected chi connectivity index (χ0v) is 12.9. The Morgan fingerprint density at radius 1 is 1.42 bits per heavy atom. The first-order valence-corrected chi connectivity index (χ1v) is 7.78. The molecule has 106 valence electrons. The van der Waals surface area contributed by atoms with Gasteiger partial charge in [-0.1, -0.05) is 19.9 Å². The molecule has 0 fully saturated rings. The predicted molar refractivity (Wildman–Crippen MR) is 80.8 cm³/mol. The maximum atomic E-state index is 12.3. The largest absolute Gasteiger partial charge is 0.396 e. The number of carbonyl (C=O) groups is 1. The molecule has 4 heteroatoms. The summed E-state index contributed by atoms with van der Waals surface area (Å²) in [4.78, 5) is 13.4.